The highest BCUT2D eigenvalue weighted by Crippen LogP contribution is 2.44. The molecule has 3 aliphatic rings. The van der Waals surface area contributed by atoms with E-state index in [1.807, 2.05) is 4.90 Å². The largest absolute Gasteiger partial charge is 0.355 e. The Morgan fingerprint density at radius 3 is 2.37 bits per heavy atom. The Bertz CT molecular complexity index is 748. The van der Waals surface area contributed by atoms with Crippen LogP contribution in [-0.2, 0) is 9.59 Å². The maximum absolute atomic E-state index is 13.4. The van der Waals surface area contributed by atoms with Gasteiger partial charge in [0.25, 0.3) is 0 Å². The Balaban J connectivity index is 1.35. The standard InChI is InChI=1S/C25H37N3O2/c1-3-5-15-26-23(29)22(4-2)27-16-12-25(13-17-27)14-18-28(24(25)30)21-10-8-20(9-11-21)19-6-7-19/h8-11,19,22H,3-7,12-18H2,1-2H3,(H,26,29). The Morgan fingerprint density at radius 1 is 1.10 bits per heavy atom. The molecule has 1 unspecified atom stereocenters. The molecule has 1 N–H and O–H groups in total. The summed E-state index contributed by atoms with van der Waals surface area (Å²) in [5, 5.41) is 3.09. The molecule has 0 radical (unpaired) electrons. The van der Waals surface area contributed by atoms with Crippen molar-refractivity contribution in [1.82, 2.24) is 10.2 Å². The lowest BCUT2D eigenvalue weighted by molar-refractivity contribution is -0.131. The Hall–Kier alpha value is -1.88. The van der Waals surface area contributed by atoms with Crippen LogP contribution in [0.15, 0.2) is 24.3 Å². The number of unbranched alkanes of at least 4 members (excludes halogenated alkanes) is 1. The number of likely N-dealkylation sites (tertiary alicyclic amines) is 1. The van der Waals surface area contributed by atoms with Crippen molar-refractivity contribution in [1.29, 1.82) is 0 Å². The molecule has 1 spiro atoms. The third kappa shape index (κ3) is 4.27. The highest BCUT2D eigenvalue weighted by molar-refractivity contribution is 6.00. The summed E-state index contributed by atoms with van der Waals surface area (Å²) in [4.78, 5) is 30.3. The van der Waals surface area contributed by atoms with Crippen molar-refractivity contribution >= 4 is 17.5 Å². The Morgan fingerprint density at radius 2 is 1.77 bits per heavy atom. The minimum Gasteiger partial charge on any atom is -0.355 e. The predicted molar refractivity (Wildman–Crippen MR) is 121 cm³/mol. The summed E-state index contributed by atoms with van der Waals surface area (Å²) < 4.78 is 0. The molecule has 2 amide bonds. The molecule has 0 bridgehead atoms. The number of hydrogen-bond acceptors (Lipinski definition) is 3. The van der Waals surface area contributed by atoms with E-state index in [0.29, 0.717) is 5.91 Å². The molecule has 0 aromatic heterocycles. The number of carbonyl (C=O) groups excluding carboxylic acids is 2. The van der Waals surface area contributed by atoms with Crippen molar-refractivity contribution in [3.63, 3.8) is 0 Å². The summed E-state index contributed by atoms with van der Waals surface area (Å²) in [6.45, 7) is 7.46. The minimum atomic E-state index is -0.233. The van der Waals surface area contributed by atoms with Crippen LogP contribution >= 0.6 is 0 Å². The number of amides is 2. The second kappa shape index (κ2) is 9.09. The van der Waals surface area contributed by atoms with E-state index in [-0.39, 0.29) is 17.4 Å². The topological polar surface area (TPSA) is 52.7 Å². The molecule has 1 saturated carbocycles. The zero-order chi connectivity index (χ0) is 21.1. The highest BCUT2D eigenvalue weighted by atomic mass is 16.2. The fraction of sp³-hybridized carbons (Fsp3) is 0.680. The van der Waals surface area contributed by atoms with E-state index in [2.05, 4.69) is 48.3 Å². The van der Waals surface area contributed by atoms with Gasteiger partial charge in [-0.25, -0.2) is 0 Å². The fourth-order valence-corrected chi connectivity index (χ4v) is 5.25. The lowest BCUT2D eigenvalue weighted by atomic mass is 9.76. The number of benzene rings is 1. The fourth-order valence-electron chi connectivity index (χ4n) is 5.25. The van der Waals surface area contributed by atoms with Gasteiger partial charge in [-0.1, -0.05) is 32.4 Å². The van der Waals surface area contributed by atoms with E-state index in [1.54, 1.807) is 0 Å². The van der Waals surface area contributed by atoms with Gasteiger partial charge < -0.3 is 10.2 Å². The Labute approximate surface area is 181 Å². The van der Waals surface area contributed by atoms with Crippen molar-refractivity contribution in [2.75, 3.05) is 31.1 Å². The third-order valence-corrected chi connectivity index (χ3v) is 7.48. The monoisotopic (exact) mass is 411 g/mol. The highest BCUT2D eigenvalue weighted by Gasteiger charge is 2.49. The molecule has 164 valence electrons. The number of nitrogens with zero attached hydrogens (tertiary/aromatic N) is 2. The van der Waals surface area contributed by atoms with E-state index in [4.69, 9.17) is 0 Å². The summed E-state index contributed by atoms with van der Waals surface area (Å²) in [5.74, 6) is 1.19. The average molecular weight is 412 g/mol. The van der Waals surface area contributed by atoms with Crippen LogP contribution < -0.4 is 10.2 Å². The van der Waals surface area contributed by atoms with Gasteiger partial charge in [-0.3, -0.25) is 14.5 Å². The van der Waals surface area contributed by atoms with Gasteiger partial charge in [0.2, 0.25) is 11.8 Å². The first kappa shape index (κ1) is 21.4. The first-order valence-electron chi connectivity index (χ1n) is 12.0. The number of nitrogens with one attached hydrogen (secondary N) is 1. The van der Waals surface area contributed by atoms with Crippen molar-refractivity contribution in [3.8, 4) is 0 Å². The van der Waals surface area contributed by atoms with Crippen LogP contribution in [0.5, 0.6) is 0 Å². The molecule has 1 aliphatic carbocycles. The van der Waals surface area contributed by atoms with Gasteiger partial charge in [-0.15, -0.1) is 0 Å². The van der Waals surface area contributed by atoms with E-state index >= 15 is 0 Å². The van der Waals surface area contributed by atoms with Crippen molar-refractivity contribution in [3.05, 3.63) is 29.8 Å². The van der Waals surface area contributed by atoms with Crippen LogP contribution in [0.2, 0.25) is 0 Å². The van der Waals surface area contributed by atoms with Gasteiger partial charge >= 0.3 is 0 Å². The molecule has 2 aliphatic heterocycles. The summed E-state index contributed by atoms with van der Waals surface area (Å²) in [6.07, 6.45) is 8.20. The molecule has 5 heteroatoms. The van der Waals surface area contributed by atoms with Gasteiger partial charge in [0, 0.05) is 18.8 Å². The van der Waals surface area contributed by atoms with Crippen LogP contribution in [0.3, 0.4) is 0 Å². The van der Waals surface area contributed by atoms with Gasteiger partial charge in [0.1, 0.15) is 0 Å². The zero-order valence-electron chi connectivity index (χ0n) is 18.7. The number of piperidine rings is 1. The van der Waals surface area contributed by atoms with Gasteiger partial charge in [0.15, 0.2) is 0 Å². The van der Waals surface area contributed by atoms with E-state index in [9.17, 15) is 9.59 Å². The SMILES string of the molecule is CCCCNC(=O)C(CC)N1CCC2(CCN(c3ccc(C4CC4)cc3)C2=O)CC1. The molecular weight excluding hydrogens is 374 g/mol. The van der Waals surface area contributed by atoms with Crippen LogP contribution in [0.1, 0.15) is 76.7 Å². The van der Waals surface area contributed by atoms with Crippen molar-refractivity contribution in [2.24, 2.45) is 5.41 Å². The van der Waals surface area contributed by atoms with E-state index in [1.165, 1.54) is 18.4 Å². The van der Waals surface area contributed by atoms with Crippen LogP contribution in [0.4, 0.5) is 5.69 Å². The quantitative estimate of drug-likeness (QED) is 0.656. The van der Waals surface area contributed by atoms with Gasteiger partial charge in [0.05, 0.1) is 11.5 Å². The number of carbonyl (C=O) groups is 2. The minimum absolute atomic E-state index is 0.0678. The molecule has 5 nitrogen and oxygen atoms in total. The summed E-state index contributed by atoms with van der Waals surface area (Å²) in [5.41, 5.74) is 2.23. The summed E-state index contributed by atoms with van der Waals surface area (Å²) in [7, 11) is 0. The molecule has 1 aromatic rings. The predicted octanol–water partition coefficient (Wildman–Crippen LogP) is 4.08. The lowest BCUT2D eigenvalue weighted by Crippen LogP contribution is -2.52. The first-order chi connectivity index (χ1) is 14.6. The smallest absolute Gasteiger partial charge is 0.237 e. The van der Waals surface area contributed by atoms with Crippen molar-refractivity contribution in [2.45, 2.75) is 77.2 Å². The van der Waals surface area contributed by atoms with Crippen molar-refractivity contribution < 1.29 is 9.59 Å². The van der Waals surface area contributed by atoms with E-state index in [0.717, 1.165) is 76.3 Å². The van der Waals surface area contributed by atoms with Crippen LogP contribution in [0, 0.1) is 5.41 Å². The molecule has 1 atom stereocenters. The molecule has 2 heterocycles. The summed E-state index contributed by atoms with van der Waals surface area (Å²) >= 11 is 0. The molecule has 1 aromatic carbocycles. The normalized spacial score (nSPS) is 22.5. The molecule has 30 heavy (non-hydrogen) atoms. The molecule has 3 fully saturated rings. The number of hydrogen-bond donors (Lipinski definition) is 1. The van der Waals surface area contributed by atoms with Gasteiger partial charge in [-0.05, 0) is 81.6 Å². The maximum Gasteiger partial charge on any atom is 0.237 e. The third-order valence-electron chi connectivity index (χ3n) is 7.48. The second-order valence-corrected chi connectivity index (χ2v) is 9.46. The second-order valence-electron chi connectivity index (χ2n) is 9.46. The lowest BCUT2D eigenvalue weighted by Gasteiger charge is -2.40. The number of rotatable bonds is 8. The number of anilines is 1. The van der Waals surface area contributed by atoms with Crippen LogP contribution in [0.25, 0.3) is 0 Å². The zero-order valence-corrected chi connectivity index (χ0v) is 18.7. The average Bonchev–Trinajstić information content (AvgIpc) is 3.57. The summed E-state index contributed by atoms with van der Waals surface area (Å²) in [6, 6.07) is 8.61. The molecule has 2 saturated heterocycles. The van der Waals surface area contributed by atoms with Gasteiger partial charge in [-0.2, -0.15) is 0 Å². The molecule has 4 rings (SSSR count). The Kier molecular flexibility index (Phi) is 6.47. The van der Waals surface area contributed by atoms with Crippen LogP contribution in [-0.4, -0.2) is 48.9 Å². The van der Waals surface area contributed by atoms with E-state index < -0.39 is 0 Å². The molecular formula is C25H37N3O2. The maximum atomic E-state index is 13.4. The first-order valence-corrected chi connectivity index (χ1v) is 12.0.